The Labute approximate surface area is 221 Å². The number of methoxy groups -OCH3 is 1. The molecule has 1 atom stereocenters. The van der Waals surface area contributed by atoms with Crippen molar-refractivity contribution < 1.29 is 33.6 Å². The predicted octanol–water partition coefficient (Wildman–Crippen LogP) is 4.88. The van der Waals surface area contributed by atoms with Crippen LogP contribution in [0.5, 0.6) is 23.0 Å². The van der Waals surface area contributed by atoms with E-state index in [0.29, 0.717) is 47.3 Å². The zero-order valence-electron chi connectivity index (χ0n) is 21.5. The Morgan fingerprint density at radius 3 is 2.42 bits per heavy atom. The lowest BCUT2D eigenvalue weighted by atomic mass is 9.95. The Kier molecular flexibility index (Phi) is 6.96. The molecule has 1 amide bonds. The van der Waals surface area contributed by atoms with Crippen LogP contribution in [0.2, 0.25) is 0 Å². The number of aliphatic hydroxyl groups is 1. The van der Waals surface area contributed by atoms with E-state index in [1.54, 1.807) is 37.4 Å². The van der Waals surface area contributed by atoms with Gasteiger partial charge in [-0.1, -0.05) is 24.3 Å². The molecule has 0 saturated carbocycles. The van der Waals surface area contributed by atoms with Crippen LogP contribution in [0.1, 0.15) is 36.6 Å². The minimum absolute atomic E-state index is 0.00486. The van der Waals surface area contributed by atoms with Gasteiger partial charge >= 0.3 is 0 Å². The van der Waals surface area contributed by atoms with E-state index >= 15 is 0 Å². The van der Waals surface area contributed by atoms with Gasteiger partial charge in [-0.25, -0.2) is 0 Å². The van der Waals surface area contributed by atoms with Crippen LogP contribution in [-0.2, 0) is 16.1 Å². The maximum Gasteiger partial charge on any atom is 0.295 e. The molecule has 3 aromatic rings. The molecule has 1 unspecified atom stereocenters. The molecule has 0 radical (unpaired) electrons. The normalized spacial score (nSPS) is 18.1. The number of hydrogen-bond acceptors (Lipinski definition) is 7. The lowest BCUT2D eigenvalue weighted by molar-refractivity contribution is -0.140. The minimum Gasteiger partial charge on any atom is -0.507 e. The number of ketones is 1. The van der Waals surface area contributed by atoms with Crippen molar-refractivity contribution in [1.29, 1.82) is 0 Å². The lowest BCUT2D eigenvalue weighted by Gasteiger charge is -2.26. The molecule has 0 aromatic heterocycles. The third-order valence-corrected chi connectivity index (χ3v) is 6.41. The summed E-state index contributed by atoms with van der Waals surface area (Å²) in [6.45, 7) is 4.83. The van der Waals surface area contributed by atoms with E-state index < -0.39 is 17.7 Å². The molecule has 1 saturated heterocycles. The molecule has 3 aromatic carbocycles. The fraction of sp³-hybridized carbons (Fsp3) is 0.267. The summed E-state index contributed by atoms with van der Waals surface area (Å²) in [5.74, 6) is 0.608. The molecule has 0 aliphatic carbocycles. The van der Waals surface area contributed by atoms with E-state index in [1.807, 2.05) is 50.2 Å². The summed E-state index contributed by atoms with van der Waals surface area (Å²) in [5, 5.41) is 11.4. The van der Waals surface area contributed by atoms with Crippen molar-refractivity contribution in [1.82, 2.24) is 4.90 Å². The fourth-order valence-corrected chi connectivity index (χ4v) is 4.70. The van der Waals surface area contributed by atoms with E-state index in [9.17, 15) is 14.7 Å². The van der Waals surface area contributed by atoms with Crippen molar-refractivity contribution in [3.63, 3.8) is 0 Å². The zero-order chi connectivity index (χ0) is 26.8. The number of benzene rings is 3. The summed E-state index contributed by atoms with van der Waals surface area (Å²) < 4.78 is 22.3. The highest BCUT2D eigenvalue weighted by Crippen LogP contribution is 2.42. The van der Waals surface area contributed by atoms with Crippen LogP contribution in [0.4, 0.5) is 0 Å². The Bertz CT molecular complexity index is 1390. The molecule has 2 aliphatic rings. The van der Waals surface area contributed by atoms with E-state index in [1.165, 1.54) is 4.90 Å². The van der Waals surface area contributed by atoms with Crippen LogP contribution in [0, 0.1) is 0 Å². The zero-order valence-corrected chi connectivity index (χ0v) is 21.5. The monoisotopic (exact) mass is 515 g/mol. The Morgan fingerprint density at radius 1 is 0.974 bits per heavy atom. The third-order valence-electron chi connectivity index (χ3n) is 6.41. The van der Waals surface area contributed by atoms with E-state index in [-0.39, 0.29) is 24.0 Å². The lowest BCUT2D eigenvalue weighted by Crippen LogP contribution is -2.29. The number of aliphatic hydroxyl groups excluding tert-OH is 1. The number of ether oxygens (including phenoxy) is 4. The quantitative estimate of drug-likeness (QED) is 0.272. The van der Waals surface area contributed by atoms with Crippen LogP contribution < -0.4 is 18.9 Å². The van der Waals surface area contributed by atoms with Crippen LogP contribution in [0.3, 0.4) is 0 Å². The molecule has 1 fully saturated rings. The first-order valence-corrected chi connectivity index (χ1v) is 12.4. The van der Waals surface area contributed by atoms with Gasteiger partial charge in [-0.3, -0.25) is 9.59 Å². The van der Waals surface area contributed by atoms with Gasteiger partial charge in [0.25, 0.3) is 11.7 Å². The van der Waals surface area contributed by atoms with Crippen molar-refractivity contribution in [3.05, 3.63) is 89.0 Å². The van der Waals surface area contributed by atoms with Gasteiger partial charge in [0, 0.05) is 12.1 Å². The molecule has 2 heterocycles. The number of nitrogens with zero attached hydrogens (tertiary/aromatic N) is 1. The second-order valence-electron chi connectivity index (χ2n) is 9.37. The minimum atomic E-state index is -0.817. The van der Waals surface area contributed by atoms with Crippen LogP contribution in [-0.4, -0.2) is 48.1 Å². The molecule has 1 N–H and O–H groups in total. The van der Waals surface area contributed by atoms with Crippen molar-refractivity contribution in [2.24, 2.45) is 0 Å². The molecule has 8 heteroatoms. The number of fused-ring (bicyclic) bond motifs is 1. The number of amides is 1. The van der Waals surface area contributed by atoms with Crippen LogP contribution >= 0.6 is 0 Å². The molecular formula is C30H29NO7. The van der Waals surface area contributed by atoms with Gasteiger partial charge in [0.2, 0.25) is 0 Å². The Hall–Kier alpha value is -4.46. The first kappa shape index (κ1) is 25.2. The summed E-state index contributed by atoms with van der Waals surface area (Å²) in [4.78, 5) is 28.3. The summed E-state index contributed by atoms with van der Waals surface area (Å²) in [6.07, 6.45) is -0.00486. The molecular weight excluding hydrogens is 486 g/mol. The molecule has 0 spiro atoms. The van der Waals surface area contributed by atoms with E-state index in [4.69, 9.17) is 18.9 Å². The smallest absolute Gasteiger partial charge is 0.295 e. The maximum atomic E-state index is 13.4. The third kappa shape index (κ3) is 4.89. The van der Waals surface area contributed by atoms with Gasteiger partial charge in [0.05, 0.1) is 24.8 Å². The van der Waals surface area contributed by atoms with Crippen LogP contribution in [0.25, 0.3) is 5.76 Å². The highest BCUT2D eigenvalue weighted by Gasteiger charge is 2.46. The van der Waals surface area contributed by atoms with Gasteiger partial charge in [-0.2, -0.15) is 0 Å². The number of hydrogen-bond donors (Lipinski definition) is 1. The largest absolute Gasteiger partial charge is 0.507 e. The van der Waals surface area contributed by atoms with Crippen molar-refractivity contribution in [2.45, 2.75) is 32.5 Å². The number of carbonyl (C=O) groups is 2. The maximum absolute atomic E-state index is 13.4. The average molecular weight is 516 g/mol. The SMILES string of the molecule is COc1cccc(CN2C(=O)C(=O)/C(=C(\O)c3ccc4c(c3)OCCO4)C2c2ccc(OC(C)C)cc2)c1. The first-order chi connectivity index (χ1) is 18.4. The second-order valence-corrected chi connectivity index (χ2v) is 9.37. The van der Waals surface area contributed by atoms with Crippen molar-refractivity contribution in [3.8, 4) is 23.0 Å². The van der Waals surface area contributed by atoms with Crippen molar-refractivity contribution in [2.75, 3.05) is 20.3 Å². The fourth-order valence-electron chi connectivity index (χ4n) is 4.70. The molecule has 5 rings (SSSR count). The Balaban J connectivity index is 1.60. The van der Waals surface area contributed by atoms with E-state index in [0.717, 1.165) is 5.56 Å². The van der Waals surface area contributed by atoms with Gasteiger partial charge in [-0.15, -0.1) is 0 Å². The highest BCUT2D eigenvalue weighted by atomic mass is 16.6. The summed E-state index contributed by atoms with van der Waals surface area (Å²) in [5.41, 5.74) is 1.82. The second kappa shape index (κ2) is 10.5. The molecule has 8 nitrogen and oxygen atoms in total. The molecule has 38 heavy (non-hydrogen) atoms. The van der Waals surface area contributed by atoms with Crippen molar-refractivity contribution >= 4 is 17.4 Å². The van der Waals surface area contributed by atoms with Gasteiger partial charge in [0.1, 0.15) is 30.5 Å². The Morgan fingerprint density at radius 2 is 1.71 bits per heavy atom. The topological polar surface area (TPSA) is 94.5 Å². The number of rotatable bonds is 7. The summed E-state index contributed by atoms with van der Waals surface area (Å²) in [6, 6.07) is 18.7. The van der Waals surface area contributed by atoms with Gasteiger partial charge in [-0.05, 0) is 67.4 Å². The molecule has 0 bridgehead atoms. The number of Topliss-reactive ketones (excluding diaryl/α,β-unsaturated/α-hetero) is 1. The average Bonchev–Trinajstić information content (AvgIpc) is 3.17. The highest BCUT2D eigenvalue weighted by molar-refractivity contribution is 6.46. The molecule has 196 valence electrons. The predicted molar refractivity (Wildman–Crippen MR) is 140 cm³/mol. The summed E-state index contributed by atoms with van der Waals surface area (Å²) >= 11 is 0. The van der Waals surface area contributed by atoms with Gasteiger partial charge < -0.3 is 29.0 Å². The van der Waals surface area contributed by atoms with Gasteiger partial charge in [0.15, 0.2) is 11.5 Å². The first-order valence-electron chi connectivity index (χ1n) is 12.4. The standard InChI is InChI=1S/C30H29NO7/c1-18(2)38-22-10-7-20(8-11-22)27-26(28(32)21-9-12-24-25(16-21)37-14-13-36-24)29(33)30(34)31(27)17-19-5-4-6-23(15-19)35-3/h4-12,15-16,18,27,32H,13-14,17H2,1-3H3/b28-26-. The number of likely N-dealkylation sites (tertiary alicyclic amines) is 1. The van der Waals surface area contributed by atoms with Crippen LogP contribution in [0.15, 0.2) is 72.3 Å². The number of carbonyl (C=O) groups excluding carboxylic acids is 2. The van der Waals surface area contributed by atoms with E-state index in [2.05, 4.69) is 0 Å². The molecule has 2 aliphatic heterocycles. The summed E-state index contributed by atoms with van der Waals surface area (Å²) in [7, 11) is 1.57.